The predicted octanol–water partition coefficient (Wildman–Crippen LogP) is 3.12. The fourth-order valence-electron chi connectivity index (χ4n) is 2.38. The number of carbonyl (C=O) groups is 1. The third-order valence-electron chi connectivity index (χ3n) is 3.64. The molecule has 0 N–H and O–H groups in total. The molecule has 0 aromatic heterocycles. The number of likely N-dealkylation sites (tertiary alicyclic amines) is 1. The van der Waals surface area contributed by atoms with Gasteiger partial charge in [0.2, 0.25) is 5.91 Å². The number of carbonyl (C=O) groups excluding carboxylic acids is 1. The summed E-state index contributed by atoms with van der Waals surface area (Å²) >= 11 is 1.73. The fraction of sp³-hybridized carbons (Fsp3) is 0.562. The first kappa shape index (κ1) is 15.2. The Kier molecular flexibility index (Phi) is 5.77. The van der Waals surface area contributed by atoms with E-state index in [1.807, 2.05) is 23.3 Å². The topological polar surface area (TPSA) is 29.5 Å². The normalized spacial score (nSPS) is 16.2. The molecule has 4 heteroatoms. The van der Waals surface area contributed by atoms with Crippen molar-refractivity contribution in [3.8, 4) is 5.75 Å². The van der Waals surface area contributed by atoms with Crippen LogP contribution in [0.5, 0.6) is 5.75 Å². The molecule has 1 saturated heterocycles. The van der Waals surface area contributed by atoms with Crippen LogP contribution in [0.3, 0.4) is 0 Å². The van der Waals surface area contributed by atoms with E-state index in [0.717, 1.165) is 37.4 Å². The summed E-state index contributed by atoms with van der Waals surface area (Å²) in [7, 11) is 0. The van der Waals surface area contributed by atoms with Crippen molar-refractivity contribution in [3.05, 3.63) is 29.8 Å². The lowest BCUT2D eigenvalue weighted by Gasteiger charge is -2.32. The largest absolute Gasteiger partial charge is 0.490 e. The van der Waals surface area contributed by atoms with Crippen LogP contribution >= 0.6 is 11.8 Å². The van der Waals surface area contributed by atoms with E-state index in [9.17, 15) is 4.79 Å². The lowest BCUT2D eigenvalue weighted by molar-refractivity contribution is -0.132. The summed E-state index contributed by atoms with van der Waals surface area (Å²) < 4.78 is 5.98. The van der Waals surface area contributed by atoms with Gasteiger partial charge in [-0.2, -0.15) is 11.8 Å². The Morgan fingerprint density at radius 3 is 2.55 bits per heavy atom. The molecule has 2 rings (SSSR count). The number of hydrogen-bond donors (Lipinski definition) is 0. The molecule has 0 bridgehead atoms. The summed E-state index contributed by atoms with van der Waals surface area (Å²) in [5, 5.41) is 0. The number of rotatable bonds is 5. The number of piperidine rings is 1. The molecule has 1 aromatic carbocycles. The van der Waals surface area contributed by atoms with Crippen LogP contribution in [-0.2, 0) is 4.79 Å². The minimum absolute atomic E-state index is 0.238. The second kappa shape index (κ2) is 7.58. The molecule has 0 saturated carbocycles. The van der Waals surface area contributed by atoms with E-state index in [-0.39, 0.29) is 12.0 Å². The molecule has 0 aliphatic carbocycles. The van der Waals surface area contributed by atoms with Gasteiger partial charge in [-0.3, -0.25) is 4.79 Å². The number of hydrogen-bond acceptors (Lipinski definition) is 3. The number of benzene rings is 1. The maximum atomic E-state index is 11.9. The average molecular weight is 293 g/mol. The van der Waals surface area contributed by atoms with Gasteiger partial charge in [0.15, 0.2) is 0 Å². The standard InChI is InChI=1S/C16H23NO2S/c1-13-3-5-14(6-4-13)19-15-7-10-17(11-8-15)16(18)9-12-20-2/h3-6,15H,7-12H2,1-2H3. The maximum Gasteiger partial charge on any atom is 0.223 e. The number of nitrogens with zero attached hydrogens (tertiary/aromatic N) is 1. The molecule has 0 atom stereocenters. The van der Waals surface area contributed by atoms with Crippen molar-refractivity contribution in [2.45, 2.75) is 32.3 Å². The Bertz CT molecular complexity index is 425. The minimum Gasteiger partial charge on any atom is -0.490 e. The molecule has 1 heterocycles. The minimum atomic E-state index is 0.238. The average Bonchev–Trinajstić information content (AvgIpc) is 2.48. The fourth-order valence-corrected chi connectivity index (χ4v) is 2.76. The zero-order valence-electron chi connectivity index (χ0n) is 12.3. The summed E-state index contributed by atoms with van der Waals surface area (Å²) in [4.78, 5) is 13.9. The SMILES string of the molecule is CSCCC(=O)N1CCC(Oc2ccc(C)cc2)CC1. The number of aryl methyl sites for hydroxylation is 1. The first-order valence-corrected chi connectivity index (χ1v) is 8.58. The molecule has 1 aromatic rings. The molecule has 1 amide bonds. The van der Waals surface area contributed by atoms with Crippen molar-refractivity contribution in [2.75, 3.05) is 25.1 Å². The van der Waals surface area contributed by atoms with Gasteiger partial charge >= 0.3 is 0 Å². The maximum absolute atomic E-state index is 11.9. The Hall–Kier alpha value is -1.16. The van der Waals surface area contributed by atoms with Crippen molar-refractivity contribution in [3.63, 3.8) is 0 Å². The van der Waals surface area contributed by atoms with Gasteiger partial charge in [0.05, 0.1) is 0 Å². The van der Waals surface area contributed by atoms with E-state index in [1.54, 1.807) is 11.8 Å². The molecular weight excluding hydrogens is 270 g/mol. The van der Waals surface area contributed by atoms with Gasteiger partial charge in [-0.15, -0.1) is 0 Å². The second-order valence-electron chi connectivity index (χ2n) is 5.25. The van der Waals surface area contributed by atoms with Gasteiger partial charge in [0, 0.05) is 38.1 Å². The highest BCUT2D eigenvalue weighted by atomic mass is 32.2. The van der Waals surface area contributed by atoms with Gasteiger partial charge in [-0.25, -0.2) is 0 Å². The summed E-state index contributed by atoms with van der Waals surface area (Å²) in [5.41, 5.74) is 1.24. The van der Waals surface area contributed by atoms with Crippen LogP contribution in [0.15, 0.2) is 24.3 Å². The van der Waals surface area contributed by atoms with Crippen LogP contribution in [0.25, 0.3) is 0 Å². The lowest BCUT2D eigenvalue weighted by atomic mass is 10.1. The van der Waals surface area contributed by atoms with Crippen LogP contribution in [-0.4, -0.2) is 42.0 Å². The van der Waals surface area contributed by atoms with Crippen molar-refractivity contribution in [1.82, 2.24) is 4.90 Å². The Morgan fingerprint density at radius 1 is 1.30 bits per heavy atom. The van der Waals surface area contributed by atoms with E-state index in [4.69, 9.17) is 4.74 Å². The zero-order chi connectivity index (χ0) is 14.4. The van der Waals surface area contributed by atoms with Crippen molar-refractivity contribution in [2.24, 2.45) is 0 Å². The Morgan fingerprint density at radius 2 is 1.95 bits per heavy atom. The molecule has 110 valence electrons. The number of ether oxygens (including phenoxy) is 1. The van der Waals surface area contributed by atoms with Crippen LogP contribution in [0.1, 0.15) is 24.8 Å². The van der Waals surface area contributed by atoms with E-state index in [0.29, 0.717) is 6.42 Å². The molecular formula is C16H23NO2S. The first-order chi connectivity index (χ1) is 9.69. The van der Waals surface area contributed by atoms with Crippen LogP contribution in [0.4, 0.5) is 0 Å². The Balaban J connectivity index is 1.76. The summed E-state index contributed by atoms with van der Waals surface area (Å²) in [6.07, 6.45) is 4.79. The molecule has 3 nitrogen and oxygen atoms in total. The molecule has 0 spiro atoms. The molecule has 1 aliphatic rings. The highest BCUT2D eigenvalue weighted by molar-refractivity contribution is 7.98. The number of amides is 1. The summed E-state index contributed by atoms with van der Waals surface area (Å²) in [6, 6.07) is 8.17. The van der Waals surface area contributed by atoms with Crippen molar-refractivity contribution < 1.29 is 9.53 Å². The second-order valence-corrected chi connectivity index (χ2v) is 6.24. The molecule has 0 unspecified atom stereocenters. The van der Waals surface area contributed by atoms with Gasteiger partial charge in [0.25, 0.3) is 0 Å². The first-order valence-electron chi connectivity index (χ1n) is 7.19. The van der Waals surface area contributed by atoms with E-state index in [2.05, 4.69) is 19.1 Å². The molecule has 1 fully saturated rings. The van der Waals surface area contributed by atoms with Crippen LogP contribution in [0.2, 0.25) is 0 Å². The predicted molar refractivity (Wildman–Crippen MR) is 84.4 cm³/mol. The van der Waals surface area contributed by atoms with Crippen molar-refractivity contribution in [1.29, 1.82) is 0 Å². The summed E-state index contributed by atoms with van der Waals surface area (Å²) in [6.45, 7) is 3.72. The summed E-state index contributed by atoms with van der Waals surface area (Å²) in [5.74, 6) is 2.13. The third-order valence-corrected chi connectivity index (χ3v) is 4.25. The molecule has 20 heavy (non-hydrogen) atoms. The van der Waals surface area contributed by atoms with Crippen LogP contribution in [0, 0.1) is 6.92 Å². The lowest BCUT2D eigenvalue weighted by Crippen LogP contribution is -2.41. The highest BCUT2D eigenvalue weighted by Crippen LogP contribution is 2.20. The smallest absolute Gasteiger partial charge is 0.223 e. The van der Waals surface area contributed by atoms with Gasteiger partial charge < -0.3 is 9.64 Å². The van der Waals surface area contributed by atoms with Gasteiger partial charge in [0.1, 0.15) is 11.9 Å². The quantitative estimate of drug-likeness (QED) is 0.835. The van der Waals surface area contributed by atoms with E-state index in [1.165, 1.54) is 5.56 Å². The monoisotopic (exact) mass is 293 g/mol. The zero-order valence-corrected chi connectivity index (χ0v) is 13.1. The van der Waals surface area contributed by atoms with Gasteiger partial charge in [-0.05, 0) is 25.3 Å². The van der Waals surface area contributed by atoms with Crippen LogP contribution < -0.4 is 4.74 Å². The van der Waals surface area contributed by atoms with E-state index < -0.39 is 0 Å². The molecule has 0 radical (unpaired) electrons. The highest BCUT2D eigenvalue weighted by Gasteiger charge is 2.23. The van der Waals surface area contributed by atoms with Crippen molar-refractivity contribution >= 4 is 17.7 Å². The third kappa shape index (κ3) is 4.44. The Labute approximate surface area is 125 Å². The number of thioether (sulfide) groups is 1. The van der Waals surface area contributed by atoms with E-state index >= 15 is 0 Å². The molecule has 1 aliphatic heterocycles. The van der Waals surface area contributed by atoms with Gasteiger partial charge in [-0.1, -0.05) is 17.7 Å².